The first-order valence-electron chi connectivity index (χ1n) is 11.6. The summed E-state index contributed by atoms with van der Waals surface area (Å²) in [5.41, 5.74) is 1.14. The molecule has 0 saturated carbocycles. The number of rotatable bonds is 8. The van der Waals surface area contributed by atoms with E-state index < -0.39 is 0 Å². The van der Waals surface area contributed by atoms with Crippen molar-refractivity contribution in [1.82, 2.24) is 19.8 Å². The highest BCUT2D eigenvalue weighted by Gasteiger charge is 2.29. The third-order valence-corrected chi connectivity index (χ3v) is 8.62. The number of fused-ring (bicyclic) bond motifs is 3. The van der Waals surface area contributed by atoms with Crippen molar-refractivity contribution in [1.29, 1.82) is 0 Å². The van der Waals surface area contributed by atoms with E-state index in [0.29, 0.717) is 30.4 Å². The van der Waals surface area contributed by atoms with Crippen molar-refractivity contribution in [3.05, 3.63) is 26.6 Å². The van der Waals surface area contributed by atoms with E-state index in [4.69, 9.17) is 0 Å². The first-order valence-corrected chi connectivity index (χ1v) is 13.6. The lowest BCUT2D eigenvalue weighted by Gasteiger charge is -2.33. The van der Waals surface area contributed by atoms with Crippen LogP contribution >= 0.6 is 23.1 Å². The topological polar surface area (TPSA) is 86.4 Å². The molecule has 7 nitrogen and oxygen atoms in total. The molecule has 2 amide bonds. The van der Waals surface area contributed by atoms with Gasteiger partial charge in [0.05, 0.1) is 16.9 Å². The molecule has 2 aromatic rings. The van der Waals surface area contributed by atoms with Crippen molar-refractivity contribution in [2.75, 3.05) is 32.4 Å². The maximum atomic E-state index is 12.6. The van der Waals surface area contributed by atoms with Gasteiger partial charge in [-0.3, -0.25) is 14.4 Å². The molecule has 1 aliphatic carbocycles. The van der Waals surface area contributed by atoms with E-state index in [1.54, 1.807) is 11.3 Å². The van der Waals surface area contributed by atoms with Gasteiger partial charge in [-0.05, 0) is 44.1 Å². The number of likely N-dealkylation sites (tertiary alicyclic amines) is 1. The van der Waals surface area contributed by atoms with Crippen molar-refractivity contribution < 1.29 is 9.59 Å². The Morgan fingerprint density at radius 2 is 2.06 bits per heavy atom. The Labute approximate surface area is 197 Å². The molecule has 2 aliphatic rings. The second kappa shape index (κ2) is 10.4. The molecule has 1 saturated heterocycles. The first kappa shape index (κ1) is 23.3. The predicted molar refractivity (Wildman–Crippen MR) is 130 cm³/mol. The van der Waals surface area contributed by atoms with E-state index in [1.165, 1.54) is 22.2 Å². The highest BCUT2D eigenvalue weighted by atomic mass is 32.2. The molecule has 4 rings (SSSR count). The predicted octanol–water partition coefficient (Wildman–Crippen LogP) is 3.20. The second-order valence-electron chi connectivity index (χ2n) is 8.81. The summed E-state index contributed by atoms with van der Waals surface area (Å²) in [6, 6.07) is 0. The average molecular weight is 477 g/mol. The minimum absolute atomic E-state index is 0.0296. The molecular formula is C23H32N4O3S2. The van der Waals surface area contributed by atoms with Crippen LogP contribution in [0.4, 0.5) is 0 Å². The zero-order valence-electron chi connectivity index (χ0n) is 18.9. The molecule has 2 aromatic heterocycles. The number of carbonyl (C=O) groups excluding carboxylic acids is 2. The Morgan fingerprint density at radius 3 is 2.81 bits per heavy atom. The zero-order valence-corrected chi connectivity index (χ0v) is 20.6. The summed E-state index contributed by atoms with van der Waals surface area (Å²) in [7, 11) is 1.88. The number of aromatic nitrogens is 2. The summed E-state index contributed by atoms with van der Waals surface area (Å²) in [6.07, 6.45) is 6.72. The number of aromatic amines is 1. The molecule has 3 heterocycles. The number of thioether (sulfide) groups is 1. The van der Waals surface area contributed by atoms with Crippen molar-refractivity contribution in [3.8, 4) is 0 Å². The molecule has 1 fully saturated rings. The van der Waals surface area contributed by atoms with E-state index in [1.807, 2.05) is 16.8 Å². The number of hydrogen-bond acceptors (Lipinski definition) is 6. The smallest absolute Gasteiger partial charge is 0.259 e. The number of nitrogens with one attached hydrogen (secondary N) is 1. The van der Waals surface area contributed by atoms with Gasteiger partial charge in [0.25, 0.3) is 5.56 Å². The Bertz CT molecular complexity index is 1040. The first-order chi connectivity index (χ1) is 15.5. The minimum Gasteiger partial charge on any atom is -0.346 e. The number of piperidine rings is 1. The minimum atomic E-state index is -0.0491. The van der Waals surface area contributed by atoms with Gasteiger partial charge in [0.2, 0.25) is 11.8 Å². The van der Waals surface area contributed by atoms with Crippen LogP contribution in [0.15, 0.2) is 4.79 Å². The van der Waals surface area contributed by atoms with Crippen LogP contribution in [0.1, 0.15) is 55.3 Å². The van der Waals surface area contributed by atoms with Crippen LogP contribution in [0.5, 0.6) is 0 Å². The lowest BCUT2D eigenvalue weighted by molar-refractivity contribution is -0.138. The maximum Gasteiger partial charge on any atom is 0.259 e. The number of H-pyrrole nitrogens is 1. The van der Waals surface area contributed by atoms with Gasteiger partial charge in [0.1, 0.15) is 10.7 Å². The third kappa shape index (κ3) is 5.03. The van der Waals surface area contributed by atoms with Crippen LogP contribution in [-0.4, -0.2) is 64.0 Å². The number of hydrogen-bond donors (Lipinski definition) is 1. The Balaban J connectivity index is 1.24. The molecule has 0 spiro atoms. The van der Waals surface area contributed by atoms with Crippen LogP contribution in [0, 0.1) is 5.92 Å². The standard InChI is InChI=1S/C23H32N4O3S2/c1-3-4-10-26(2)23(30)15-8-11-27(12-9-15)19(28)14-31-13-18-24-21(29)20-16-6-5-7-17(16)32-22(20)25-18/h15H,3-14H2,1-2H3,(H,24,25,29). The van der Waals surface area contributed by atoms with Gasteiger partial charge in [-0.15, -0.1) is 23.1 Å². The Kier molecular flexibility index (Phi) is 7.55. The summed E-state index contributed by atoms with van der Waals surface area (Å²) < 4.78 is 0. The molecule has 0 radical (unpaired) electrons. The normalized spacial score (nSPS) is 16.5. The molecule has 0 atom stereocenters. The fraction of sp³-hybridized carbons (Fsp3) is 0.652. The Morgan fingerprint density at radius 1 is 1.28 bits per heavy atom. The molecular weight excluding hydrogens is 444 g/mol. The molecule has 1 N–H and O–H groups in total. The summed E-state index contributed by atoms with van der Waals surface area (Å²) in [4.78, 5) is 51.2. The van der Waals surface area contributed by atoms with Gasteiger partial charge in [-0.2, -0.15) is 0 Å². The van der Waals surface area contributed by atoms with E-state index in [2.05, 4.69) is 16.9 Å². The number of unbranched alkanes of at least 4 members (excludes halogenated alkanes) is 1. The van der Waals surface area contributed by atoms with Gasteiger partial charge in [0.15, 0.2) is 0 Å². The second-order valence-corrected chi connectivity index (χ2v) is 10.9. The molecule has 0 bridgehead atoms. The molecule has 174 valence electrons. The lowest BCUT2D eigenvalue weighted by atomic mass is 9.95. The van der Waals surface area contributed by atoms with Crippen LogP contribution in [0.25, 0.3) is 10.2 Å². The third-order valence-electron chi connectivity index (χ3n) is 6.51. The number of carbonyl (C=O) groups is 2. The molecule has 0 aromatic carbocycles. The van der Waals surface area contributed by atoms with Gasteiger partial charge in [-0.25, -0.2) is 4.98 Å². The number of amides is 2. The van der Waals surface area contributed by atoms with E-state index in [0.717, 1.165) is 61.7 Å². The number of nitrogens with zero attached hydrogens (tertiary/aromatic N) is 3. The molecule has 0 unspecified atom stereocenters. The average Bonchev–Trinajstić information content (AvgIpc) is 3.38. The van der Waals surface area contributed by atoms with Gasteiger partial charge in [-0.1, -0.05) is 13.3 Å². The molecule has 1 aliphatic heterocycles. The van der Waals surface area contributed by atoms with Crippen molar-refractivity contribution >= 4 is 45.1 Å². The lowest BCUT2D eigenvalue weighted by Crippen LogP contribution is -2.44. The van der Waals surface area contributed by atoms with Gasteiger partial charge < -0.3 is 14.8 Å². The fourth-order valence-corrected chi connectivity index (χ4v) is 6.70. The quantitative estimate of drug-likeness (QED) is 0.632. The van der Waals surface area contributed by atoms with E-state index >= 15 is 0 Å². The largest absolute Gasteiger partial charge is 0.346 e. The summed E-state index contributed by atoms with van der Waals surface area (Å²) >= 11 is 3.12. The highest BCUT2D eigenvalue weighted by Crippen LogP contribution is 2.34. The maximum absolute atomic E-state index is 12.6. The Hall–Kier alpha value is -1.87. The van der Waals surface area contributed by atoms with Crippen molar-refractivity contribution in [3.63, 3.8) is 0 Å². The summed E-state index contributed by atoms with van der Waals surface area (Å²) in [5.74, 6) is 1.85. The van der Waals surface area contributed by atoms with Crippen LogP contribution in [0.2, 0.25) is 0 Å². The number of thiophene rings is 1. The van der Waals surface area contributed by atoms with Crippen LogP contribution in [0.3, 0.4) is 0 Å². The molecule has 9 heteroatoms. The summed E-state index contributed by atoms with van der Waals surface area (Å²) in [6.45, 7) is 4.21. The SMILES string of the molecule is CCCCN(C)C(=O)C1CCN(C(=O)CSCc2nc3sc4c(c3c(=O)[nH]2)CCC4)CC1. The van der Waals surface area contributed by atoms with Crippen molar-refractivity contribution in [2.24, 2.45) is 5.92 Å². The van der Waals surface area contributed by atoms with Crippen LogP contribution < -0.4 is 5.56 Å². The zero-order chi connectivity index (χ0) is 22.7. The van der Waals surface area contributed by atoms with Crippen LogP contribution in [-0.2, 0) is 28.2 Å². The monoisotopic (exact) mass is 476 g/mol. The highest BCUT2D eigenvalue weighted by molar-refractivity contribution is 7.99. The van der Waals surface area contributed by atoms with E-state index in [-0.39, 0.29) is 23.3 Å². The van der Waals surface area contributed by atoms with Crippen molar-refractivity contribution in [2.45, 2.75) is 57.6 Å². The van der Waals surface area contributed by atoms with E-state index in [9.17, 15) is 14.4 Å². The van der Waals surface area contributed by atoms with Gasteiger partial charge >= 0.3 is 0 Å². The number of aryl methyl sites for hydroxylation is 2. The molecule has 32 heavy (non-hydrogen) atoms. The van der Waals surface area contributed by atoms with Gasteiger partial charge in [0, 0.05) is 37.5 Å². The summed E-state index contributed by atoms with van der Waals surface area (Å²) in [5, 5.41) is 0.769. The fourth-order valence-electron chi connectivity index (χ4n) is 4.63.